The van der Waals surface area contributed by atoms with Crippen molar-refractivity contribution >= 4 is 5.65 Å². The average Bonchev–Trinajstić information content (AvgIpc) is 2.81. The fourth-order valence-electron chi connectivity index (χ4n) is 1.72. The molecule has 7 nitrogen and oxygen atoms in total. The Morgan fingerprint density at radius 3 is 2.95 bits per heavy atom. The Bertz CT molecular complexity index is 826. The normalized spacial score (nSPS) is 10.9. The maximum absolute atomic E-state index is 13.6. The van der Waals surface area contributed by atoms with Crippen LogP contribution in [0.25, 0.3) is 5.65 Å². The molecular formula is C12H10FN5O2. The van der Waals surface area contributed by atoms with Crippen molar-refractivity contribution in [3.05, 3.63) is 52.2 Å². The van der Waals surface area contributed by atoms with E-state index in [9.17, 15) is 9.18 Å². The molecule has 3 aromatic rings. The van der Waals surface area contributed by atoms with Gasteiger partial charge in [-0.3, -0.25) is 0 Å². The SMILES string of the molecule is NCc1ccc(Oc2ccc3n[nH]c(=O)n3n2)cc1F. The number of aromatic amines is 1. The lowest BCUT2D eigenvalue weighted by Crippen LogP contribution is -2.12. The topological polar surface area (TPSA) is 98.3 Å². The summed E-state index contributed by atoms with van der Waals surface area (Å²) in [4.78, 5) is 11.4. The third-order valence-electron chi connectivity index (χ3n) is 2.72. The van der Waals surface area contributed by atoms with Gasteiger partial charge in [-0.25, -0.2) is 14.3 Å². The zero-order chi connectivity index (χ0) is 14.1. The van der Waals surface area contributed by atoms with Gasteiger partial charge in [-0.1, -0.05) is 6.07 Å². The predicted octanol–water partition coefficient (Wildman–Crippen LogP) is 0.808. The number of nitrogens with zero attached hydrogens (tertiary/aromatic N) is 3. The van der Waals surface area contributed by atoms with Crippen LogP contribution < -0.4 is 16.2 Å². The first-order valence-electron chi connectivity index (χ1n) is 5.78. The molecule has 2 heterocycles. The van der Waals surface area contributed by atoms with Gasteiger partial charge in [0.2, 0.25) is 5.88 Å². The van der Waals surface area contributed by atoms with Crippen LogP contribution in [0.2, 0.25) is 0 Å². The second-order valence-electron chi connectivity index (χ2n) is 4.03. The Morgan fingerprint density at radius 1 is 1.35 bits per heavy atom. The van der Waals surface area contributed by atoms with Crippen LogP contribution in [-0.4, -0.2) is 19.8 Å². The van der Waals surface area contributed by atoms with Gasteiger partial charge in [-0.05, 0) is 12.1 Å². The Kier molecular flexibility index (Phi) is 2.92. The Balaban J connectivity index is 1.94. The number of hydrogen-bond acceptors (Lipinski definition) is 5. The number of nitrogens with one attached hydrogen (secondary N) is 1. The van der Waals surface area contributed by atoms with Crippen LogP contribution in [-0.2, 0) is 6.54 Å². The Labute approximate surface area is 111 Å². The van der Waals surface area contributed by atoms with Crippen LogP contribution >= 0.6 is 0 Å². The molecule has 0 saturated carbocycles. The van der Waals surface area contributed by atoms with Gasteiger partial charge >= 0.3 is 5.69 Å². The largest absolute Gasteiger partial charge is 0.437 e. The van der Waals surface area contributed by atoms with Gasteiger partial charge in [0, 0.05) is 24.2 Å². The smallest absolute Gasteiger partial charge is 0.364 e. The van der Waals surface area contributed by atoms with E-state index in [1.54, 1.807) is 12.1 Å². The molecule has 0 atom stereocenters. The van der Waals surface area contributed by atoms with Gasteiger partial charge in [0.1, 0.15) is 11.6 Å². The van der Waals surface area contributed by atoms with Gasteiger partial charge in [0.05, 0.1) is 0 Å². The lowest BCUT2D eigenvalue weighted by Gasteiger charge is -2.06. The van der Waals surface area contributed by atoms with Crippen molar-refractivity contribution in [2.24, 2.45) is 5.73 Å². The van der Waals surface area contributed by atoms with Gasteiger partial charge in [0.25, 0.3) is 0 Å². The minimum Gasteiger partial charge on any atom is -0.437 e. The number of benzene rings is 1. The molecule has 102 valence electrons. The van der Waals surface area contributed by atoms with Gasteiger partial charge in [-0.2, -0.15) is 9.61 Å². The van der Waals surface area contributed by atoms with Crippen LogP contribution in [0.15, 0.2) is 35.1 Å². The van der Waals surface area contributed by atoms with E-state index in [0.29, 0.717) is 11.2 Å². The minimum absolute atomic E-state index is 0.112. The highest BCUT2D eigenvalue weighted by molar-refractivity contribution is 5.37. The predicted molar refractivity (Wildman–Crippen MR) is 68.0 cm³/mol. The number of rotatable bonds is 3. The fraction of sp³-hybridized carbons (Fsp3) is 0.0833. The monoisotopic (exact) mass is 275 g/mol. The molecule has 0 spiro atoms. The van der Waals surface area contributed by atoms with Crippen LogP contribution in [0.3, 0.4) is 0 Å². The molecule has 3 rings (SSSR count). The summed E-state index contributed by atoms with van der Waals surface area (Å²) < 4.78 is 20.0. The minimum atomic E-state index is -0.477. The molecule has 0 fully saturated rings. The van der Waals surface area contributed by atoms with Crippen molar-refractivity contribution in [1.82, 2.24) is 19.8 Å². The third kappa shape index (κ3) is 2.12. The maximum Gasteiger partial charge on any atom is 0.364 e. The molecule has 1 aromatic carbocycles. The third-order valence-corrected chi connectivity index (χ3v) is 2.72. The van der Waals surface area contributed by atoms with E-state index in [1.807, 2.05) is 0 Å². The molecule has 3 N–H and O–H groups in total. The average molecular weight is 275 g/mol. The molecule has 0 unspecified atom stereocenters. The number of ether oxygens (including phenoxy) is 1. The second-order valence-corrected chi connectivity index (χ2v) is 4.03. The fourth-order valence-corrected chi connectivity index (χ4v) is 1.72. The quantitative estimate of drug-likeness (QED) is 0.737. The van der Waals surface area contributed by atoms with Crippen LogP contribution in [0.5, 0.6) is 11.6 Å². The van der Waals surface area contributed by atoms with E-state index in [2.05, 4.69) is 15.3 Å². The van der Waals surface area contributed by atoms with Crippen LogP contribution in [0.1, 0.15) is 5.56 Å². The number of H-pyrrole nitrogens is 1. The lowest BCUT2D eigenvalue weighted by atomic mass is 10.2. The van der Waals surface area contributed by atoms with E-state index in [4.69, 9.17) is 10.5 Å². The van der Waals surface area contributed by atoms with Gasteiger partial charge < -0.3 is 10.5 Å². The molecule has 0 saturated heterocycles. The van der Waals surface area contributed by atoms with Gasteiger partial charge in [-0.15, -0.1) is 5.10 Å². The van der Waals surface area contributed by atoms with E-state index in [1.165, 1.54) is 18.2 Å². The Hall–Kier alpha value is -2.74. The summed E-state index contributed by atoms with van der Waals surface area (Å²) in [5.74, 6) is -0.0319. The van der Waals surface area contributed by atoms with E-state index >= 15 is 0 Å². The molecule has 20 heavy (non-hydrogen) atoms. The molecule has 0 bridgehead atoms. The second kappa shape index (κ2) is 4.74. The molecule has 0 radical (unpaired) electrons. The van der Waals surface area contributed by atoms with E-state index in [-0.39, 0.29) is 18.2 Å². The van der Waals surface area contributed by atoms with Crippen molar-refractivity contribution in [2.45, 2.75) is 6.54 Å². The number of fused-ring (bicyclic) bond motifs is 1. The van der Waals surface area contributed by atoms with Crippen molar-refractivity contribution in [2.75, 3.05) is 0 Å². The highest BCUT2D eigenvalue weighted by atomic mass is 19.1. The highest BCUT2D eigenvalue weighted by Gasteiger charge is 2.07. The number of nitrogens with two attached hydrogens (primary N) is 1. The first kappa shape index (κ1) is 12.3. The summed E-state index contributed by atoms with van der Waals surface area (Å²) in [7, 11) is 0. The lowest BCUT2D eigenvalue weighted by molar-refractivity contribution is 0.446. The van der Waals surface area contributed by atoms with E-state index < -0.39 is 11.5 Å². The summed E-state index contributed by atoms with van der Waals surface area (Å²) in [6.45, 7) is 0.112. The highest BCUT2D eigenvalue weighted by Crippen LogP contribution is 2.21. The van der Waals surface area contributed by atoms with Crippen LogP contribution in [0, 0.1) is 5.82 Å². The van der Waals surface area contributed by atoms with E-state index in [0.717, 1.165) is 4.52 Å². The molecule has 0 amide bonds. The van der Waals surface area contributed by atoms with Crippen molar-refractivity contribution in [1.29, 1.82) is 0 Å². The summed E-state index contributed by atoms with van der Waals surface area (Å²) in [5.41, 5.74) is 5.66. The molecule has 0 aliphatic rings. The number of halogens is 1. The summed E-state index contributed by atoms with van der Waals surface area (Å²) in [5, 5.41) is 9.94. The molecule has 8 heteroatoms. The molecule has 0 aliphatic heterocycles. The zero-order valence-corrected chi connectivity index (χ0v) is 10.2. The molecule has 0 aliphatic carbocycles. The first-order valence-corrected chi connectivity index (χ1v) is 5.78. The van der Waals surface area contributed by atoms with Crippen molar-refractivity contribution in [3.8, 4) is 11.6 Å². The molecular weight excluding hydrogens is 265 g/mol. The maximum atomic E-state index is 13.6. The number of hydrogen-bond donors (Lipinski definition) is 2. The standard InChI is InChI=1S/C12H10FN5O2/c13-9-5-8(2-1-7(9)6-14)20-11-4-3-10-15-16-12(19)18(10)17-11/h1-5H,6,14H2,(H,16,19). The van der Waals surface area contributed by atoms with Crippen molar-refractivity contribution in [3.63, 3.8) is 0 Å². The zero-order valence-electron chi connectivity index (χ0n) is 10.2. The Morgan fingerprint density at radius 2 is 2.20 bits per heavy atom. The first-order chi connectivity index (χ1) is 9.67. The summed E-state index contributed by atoms with van der Waals surface area (Å²) in [6.07, 6.45) is 0. The van der Waals surface area contributed by atoms with Crippen LogP contribution in [0.4, 0.5) is 4.39 Å². The molecule has 2 aromatic heterocycles. The summed E-state index contributed by atoms with van der Waals surface area (Å²) in [6, 6.07) is 7.42. The summed E-state index contributed by atoms with van der Waals surface area (Å²) >= 11 is 0. The van der Waals surface area contributed by atoms with Gasteiger partial charge in [0.15, 0.2) is 5.65 Å². The number of aromatic nitrogens is 4. The van der Waals surface area contributed by atoms with Crippen molar-refractivity contribution < 1.29 is 9.13 Å².